The van der Waals surface area contributed by atoms with Gasteiger partial charge >= 0.3 is 0 Å². The van der Waals surface area contributed by atoms with Crippen molar-refractivity contribution < 1.29 is 24.8 Å². The highest BCUT2D eigenvalue weighted by Crippen LogP contribution is 2.33. The number of rotatable bonds is 3. The predicted octanol–water partition coefficient (Wildman–Crippen LogP) is 1.83. The second kappa shape index (κ2) is 4.33. The van der Waals surface area contributed by atoms with Gasteiger partial charge in [-0.05, 0) is 24.6 Å². The lowest BCUT2D eigenvalue weighted by atomic mass is 10.2. The molecule has 0 saturated carbocycles. The van der Waals surface area contributed by atoms with Gasteiger partial charge in [-0.3, -0.25) is 0 Å². The SMILES string of the molecule is Cc1cc(SOOO)cc(O)c1O. The fraction of sp³-hybridized carbons (Fsp3) is 0.143. The van der Waals surface area contributed by atoms with E-state index in [4.69, 9.17) is 10.4 Å². The average molecular weight is 204 g/mol. The number of aryl methyl sites for hydroxylation is 1. The molecule has 1 rings (SSSR count). The highest BCUT2D eigenvalue weighted by molar-refractivity contribution is 7.94. The molecule has 72 valence electrons. The maximum atomic E-state index is 9.18. The van der Waals surface area contributed by atoms with E-state index in [-0.39, 0.29) is 11.5 Å². The third kappa shape index (κ3) is 2.49. The van der Waals surface area contributed by atoms with Crippen LogP contribution in [0.2, 0.25) is 0 Å². The molecule has 1 aromatic carbocycles. The summed E-state index contributed by atoms with van der Waals surface area (Å²) in [6.45, 7) is 1.62. The molecule has 0 heterocycles. The first kappa shape index (κ1) is 10.1. The van der Waals surface area contributed by atoms with Crippen LogP contribution in [0.4, 0.5) is 0 Å². The lowest BCUT2D eigenvalue weighted by molar-refractivity contribution is -0.432. The molecular formula is C7H8O5S. The van der Waals surface area contributed by atoms with Crippen LogP contribution in [0.15, 0.2) is 17.0 Å². The summed E-state index contributed by atoms with van der Waals surface area (Å²) < 4.78 is 4.15. The smallest absolute Gasteiger partial charge is 0.160 e. The molecule has 0 aromatic heterocycles. The Kier molecular flexibility index (Phi) is 3.38. The Balaban J connectivity index is 2.86. The van der Waals surface area contributed by atoms with E-state index in [0.29, 0.717) is 22.5 Å². The normalized spacial score (nSPS) is 10.3. The zero-order valence-electron chi connectivity index (χ0n) is 6.72. The molecule has 1 aromatic rings. The van der Waals surface area contributed by atoms with Crippen molar-refractivity contribution in [2.75, 3.05) is 0 Å². The Morgan fingerprint density at radius 1 is 1.31 bits per heavy atom. The predicted molar refractivity (Wildman–Crippen MR) is 45.2 cm³/mol. The lowest BCUT2D eigenvalue weighted by Crippen LogP contribution is -1.81. The van der Waals surface area contributed by atoms with Crippen LogP contribution in [0.25, 0.3) is 0 Å². The second-order valence-electron chi connectivity index (χ2n) is 2.33. The van der Waals surface area contributed by atoms with E-state index in [9.17, 15) is 5.11 Å². The first-order valence-corrected chi connectivity index (χ1v) is 4.06. The standard InChI is InChI=1S/C7H8O5S/c1-4-2-5(13-12-11-10)3-6(8)7(4)9/h2-3,8-10H,1H3. The molecule has 6 heteroatoms. The molecule has 3 N–H and O–H groups in total. The Bertz CT molecular complexity index is 278. The van der Waals surface area contributed by atoms with Gasteiger partial charge in [-0.15, -0.1) is 4.33 Å². The largest absolute Gasteiger partial charge is 0.504 e. The van der Waals surface area contributed by atoms with E-state index in [1.165, 1.54) is 6.07 Å². The van der Waals surface area contributed by atoms with Crippen LogP contribution in [0, 0.1) is 6.92 Å². The third-order valence-electron chi connectivity index (χ3n) is 1.41. The molecule has 0 saturated heterocycles. The van der Waals surface area contributed by atoms with E-state index >= 15 is 0 Å². The van der Waals surface area contributed by atoms with Gasteiger partial charge in [-0.2, -0.15) is 0 Å². The minimum atomic E-state index is -0.246. The van der Waals surface area contributed by atoms with Crippen LogP contribution < -0.4 is 0 Å². The molecule has 0 unspecified atom stereocenters. The van der Waals surface area contributed by atoms with E-state index in [2.05, 4.69) is 9.37 Å². The first-order chi connectivity index (χ1) is 6.15. The molecule has 0 atom stereocenters. The molecule has 0 amide bonds. The van der Waals surface area contributed by atoms with Gasteiger partial charge in [0.1, 0.15) is 0 Å². The van der Waals surface area contributed by atoms with Crippen molar-refractivity contribution in [1.82, 2.24) is 0 Å². The maximum absolute atomic E-state index is 9.18. The van der Waals surface area contributed by atoms with Crippen LogP contribution in [0.5, 0.6) is 11.5 Å². The minimum absolute atomic E-state index is 0.172. The summed E-state index contributed by atoms with van der Waals surface area (Å²) in [5, 5.41) is 29.6. The number of aromatic hydroxyl groups is 2. The number of benzene rings is 1. The van der Waals surface area contributed by atoms with Gasteiger partial charge < -0.3 is 10.2 Å². The molecule has 0 aliphatic carbocycles. The van der Waals surface area contributed by atoms with Crippen LogP contribution in [0.1, 0.15) is 5.56 Å². The number of phenols is 2. The molecule has 0 bridgehead atoms. The van der Waals surface area contributed by atoms with Gasteiger partial charge in [0.25, 0.3) is 0 Å². The summed E-state index contributed by atoms with van der Waals surface area (Å²) in [5.41, 5.74) is 0.504. The Morgan fingerprint density at radius 2 is 2.00 bits per heavy atom. The Morgan fingerprint density at radius 3 is 2.54 bits per heavy atom. The van der Waals surface area contributed by atoms with Gasteiger partial charge in [-0.1, -0.05) is 5.04 Å². The first-order valence-electron chi connectivity index (χ1n) is 3.32. The summed E-state index contributed by atoms with van der Waals surface area (Å²) in [7, 11) is 0. The van der Waals surface area contributed by atoms with E-state index in [0.717, 1.165) is 0 Å². The summed E-state index contributed by atoms with van der Waals surface area (Å²) in [5.74, 6) is -0.418. The quantitative estimate of drug-likeness (QED) is 0.302. The van der Waals surface area contributed by atoms with Crippen molar-refractivity contribution in [2.45, 2.75) is 11.8 Å². The summed E-state index contributed by atoms with van der Waals surface area (Å²) in [6, 6.07) is 2.85. The molecular weight excluding hydrogens is 196 g/mol. The molecule has 5 nitrogen and oxygen atoms in total. The number of phenolic OH excluding ortho intramolecular Hbond substituents is 2. The van der Waals surface area contributed by atoms with E-state index in [1.54, 1.807) is 13.0 Å². The summed E-state index contributed by atoms with van der Waals surface area (Å²) >= 11 is 0.714. The molecule has 0 aliphatic rings. The molecule has 13 heavy (non-hydrogen) atoms. The van der Waals surface area contributed by atoms with Gasteiger partial charge in [0.2, 0.25) is 0 Å². The second-order valence-corrected chi connectivity index (χ2v) is 3.11. The monoisotopic (exact) mass is 204 g/mol. The van der Waals surface area contributed by atoms with E-state index < -0.39 is 0 Å². The molecule has 0 spiro atoms. The Labute approximate surface area is 78.6 Å². The average Bonchev–Trinajstić information content (AvgIpc) is 2.10. The zero-order valence-corrected chi connectivity index (χ0v) is 7.54. The van der Waals surface area contributed by atoms with Crippen LogP contribution in [-0.4, -0.2) is 15.5 Å². The highest BCUT2D eigenvalue weighted by Gasteiger charge is 2.06. The van der Waals surface area contributed by atoms with E-state index in [1.807, 2.05) is 0 Å². The summed E-state index contributed by atoms with van der Waals surface area (Å²) in [6.07, 6.45) is 0. The minimum Gasteiger partial charge on any atom is -0.504 e. The lowest BCUT2D eigenvalue weighted by Gasteiger charge is -2.04. The van der Waals surface area contributed by atoms with Crippen molar-refractivity contribution in [3.8, 4) is 11.5 Å². The van der Waals surface area contributed by atoms with Gasteiger partial charge in [0.15, 0.2) is 11.5 Å². The van der Waals surface area contributed by atoms with Crippen molar-refractivity contribution in [3.05, 3.63) is 17.7 Å². The molecule has 0 fully saturated rings. The summed E-state index contributed by atoms with van der Waals surface area (Å²) in [4.78, 5) is 0.502. The Hall–Kier alpha value is -0.950. The maximum Gasteiger partial charge on any atom is 0.160 e. The van der Waals surface area contributed by atoms with Crippen LogP contribution >= 0.6 is 12.0 Å². The zero-order chi connectivity index (χ0) is 9.84. The van der Waals surface area contributed by atoms with Crippen LogP contribution in [0.3, 0.4) is 0 Å². The third-order valence-corrected chi connectivity index (χ3v) is 1.97. The van der Waals surface area contributed by atoms with Crippen molar-refractivity contribution in [1.29, 1.82) is 0 Å². The fourth-order valence-corrected chi connectivity index (χ4v) is 1.32. The van der Waals surface area contributed by atoms with Gasteiger partial charge in [0.05, 0.1) is 12.0 Å². The van der Waals surface area contributed by atoms with Crippen LogP contribution in [-0.2, 0) is 9.37 Å². The number of hydrogen-bond donors (Lipinski definition) is 3. The van der Waals surface area contributed by atoms with Crippen molar-refractivity contribution >= 4 is 12.0 Å². The molecule has 0 radical (unpaired) electrons. The van der Waals surface area contributed by atoms with Gasteiger partial charge in [-0.25, -0.2) is 5.26 Å². The highest BCUT2D eigenvalue weighted by atomic mass is 32.2. The molecule has 0 aliphatic heterocycles. The van der Waals surface area contributed by atoms with Crippen molar-refractivity contribution in [2.24, 2.45) is 0 Å². The van der Waals surface area contributed by atoms with Gasteiger partial charge in [0, 0.05) is 4.90 Å². The number of hydrogen-bond acceptors (Lipinski definition) is 6. The fourth-order valence-electron chi connectivity index (χ4n) is 0.831. The topological polar surface area (TPSA) is 79.2 Å². The van der Waals surface area contributed by atoms with Crippen molar-refractivity contribution in [3.63, 3.8) is 0 Å².